The standard InChI is InChI=1S/C25H29Cl2N3O4S/c26-20-11-10-19(22(27)15-20)17-35(33,34)30-14-6-7-18(16-30)24(31)28-23-9-3-2-8-21(23)25(32)29-12-4-1-5-13-29/h2-3,8-11,15,18H,1,4-7,12-14,16-17H2,(H,28,31)/t18-/m0/s1. The second-order valence-electron chi connectivity index (χ2n) is 9.08. The number of rotatable bonds is 6. The lowest BCUT2D eigenvalue weighted by atomic mass is 9.98. The number of carbonyl (C=O) groups is 2. The molecule has 2 heterocycles. The van der Waals surface area contributed by atoms with E-state index in [4.69, 9.17) is 23.2 Å². The molecule has 1 atom stereocenters. The van der Waals surface area contributed by atoms with Gasteiger partial charge in [0, 0.05) is 36.2 Å². The average molecular weight is 538 g/mol. The van der Waals surface area contributed by atoms with Gasteiger partial charge in [-0.1, -0.05) is 41.4 Å². The van der Waals surface area contributed by atoms with Gasteiger partial charge in [0.05, 0.1) is 22.9 Å². The number of benzene rings is 2. The van der Waals surface area contributed by atoms with Crippen molar-refractivity contribution in [2.75, 3.05) is 31.5 Å². The first-order chi connectivity index (χ1) is 16.7. The largest absolute Gasteiger partial charge is 0.339 e. The van der Waals surface area contributed by atoms with Crippen LogP contribution in [0.5, 0.6) is 0 Å². The van der Waals surface area contributed by atoms with Gasteiger partial charge >= 0.3 is 0 Å². The molecule has 7 nitrogen and oxygen atoms in total. The van der Waals surface area contributed by atoms with Gasteiger partial charge in [-0.15, -0.1) is 0 Å². The Morgan fingerprint density at radius 1 is 0.971 bits per heavy atom. The highest BCUT2D eigenvalue weighted by molar-refractivity contribution is 7.88. The van der Waals surface area contributed by atoms with Crippen molar-refractivity contribution in [1.82, 2.24) is 9.21 Å². The molecule has 1 N–H and O–H groups in total. The average Bonchev–Trinajstić information content (AvgIpc) is 2.86. The third kappa shape index (κ3) is 6.36. The van der Waals surface area contributed by atoms with E-state index in [2.05, 4.69) is 5.32 Å². The minimum absolute atomic E-state index is 0.0849. The number of hydrogen-bond acceptors (Lipinski definition) is 4. The zero-order valence-corrected chi connectivity index (χ0v) is 21.7. The summed E-state index contributed by atoms with van der Waals surface area (Å²) >= 11 is 12.1. The van der Waals surface area contributed by atoms with Crippen molar-refractivity contribution < 1.29 is 18.0 Å². The monoisotopic (exact) mass is 537 g/mol. The molecule has 4 rings (SSSR count). The lowest BCUT2D eigenvalue weighted by molar-refractivity contribution is -0.120. The van der Waals surface area contributed by atoms with E-state index < -0.39 is 15.9 Å². The van der Waals surface area contributed by atoms with Crippen LogP contribution in [0.25, 0.3) is 0 Å². The highest BCUT2D eigenvalue weighted by Gasteiger charge is 2.33. The number of amides is 2. The van der Waals surface area contributed by atoms with Gasteiger partial charge in [0.15, 0.2) is 0 Å². The van der Waals surface area contributed by atoms with E-state index in [0.29, 0.717) is 59.3 Å². The van der Waals surface area contributed by atoms with Gasteiger partial charge in [-0.05, 0) is 61.9 Å². The van der Waals surface area contributed by atoms with Crippen molar-refractivity contribution >= 4 is 50.7 Å². The highest BCUT2D eigenvalue weighted by Crippen LogP contribution is 2.27. The molecule has 35 heavy (non-hydrogen) atoms. The molecule has 10 heteroatoms. The summed E-state index contributed by atoms with van der Waals surface area (Å²) < 4.78 is 27.5. The Bertz CT molecular complexity index is 1200. The number of carbonyl (C=O) groups excluding carboxylic acids is 2. The van der Waals surface area contributed by atoms with E-state index >= 15 is 0 Å². The number of halogens is 2. The maximum atomic E-state index is 13.1. The predicted octanol–water partition coefficient (Wildman–Crippen LogP) is 4.80. The minimum atomic E-state index is -3.68. The molecule has 0 bridgehead atoms. The van der Waals surface area contributed by atoms with Crippen molar-refractivity contribution in [3.05, 3.63) is 63.6 Å². The third-order valence-corrected chi connectivity index (χ3v) is 8.94. The Kier molecular flexibility index (Phi) is 8.37. The third-order valence-electron chi connectivity index (χ3n) is 6.56. The van der Waals surface area contributed by atoms with Crippen molar-refractivity contribution in [3.8, 4) is 0 Å². The van der Waals surface area contributed by atoms with Crippen LogP contribution in [0, 0.1) is 5.92 Å². The van der Waals surface area contributed by atoms with Gasteiger partial charge in [-0.3, -0.25) is 9.59 Å². The van der Waals surface area contributed by atoms with Gasteiger partial charge < -0.3 is 10.2 Å². The molecule has 0 spiro atoms. The first kappa shape index (κ1) is 25.9. The van der Waals surface area contributed by atoms with E-state index in [0.717, 1.165) is 19.3 Å². The van der Waals surface area contributed by atoms with Crippen LogP contribution in [-0.4, -0.2) is 55.6 Å². The smallest absolute Gasteiger partial charge is 0.255 e. The summed E-state index contributed by atoms with van der Waals surface area (Å²) in [6.07, 6.45) is 4.22. The number of nitrogens with one attached hydrogen (secondary N) is 1. The summed E-state index contributed by atoms with van der Waals surface area (Å²) in [5.74, 6) is -1.15. The summed E-state index contributed by atoms with van der Waals surface area (Å²) in [4.78, 5) is 28.0. The van der Waals surface area contributed by atoms with Gasteiger partial charge in [0.1, 0.15) is 0 Å². The summed E-state index contributed by atoms with van der Waals surface area (Å²) in [6, 6.07) is 11.7. The topological polar surface area (TPSA) is 86.8 Å². The first-order valence-corrected chi connectivity index (χ1v) is 14.2. The van der Waals surface area contributed by atoms with Crippen LogP contribution in [0.3, 0.4) is 0 Å². The Labute approximate surface area is 216 Å². The molecule has 2 aromatic carbocycles. The van der Waals surface area contributed by atoms with E-state index in [1.807, 2.05) is 4.90 Å². The van der Waals surface area contributed by atoms with Crippen LogP contribution in [0.1, 0.15) is 48.0 Å². The molecule has 188 valence electrons. The van der Waals surface area contributed by atoms with Crippen LogP contribution in [0.15, 0.2) is 42.5 Å². The van der Waals surface area contributed by atoms with Crippen LogP contribution in [0.4, 0.5) is 5.69 Å². The number of sulfonamides is 1. The number of hydrogen-bond donors (Lipinski definition) is 1. The maximum Gasteiger partial charge on any atom is 0.255 e. The molecular weight excluding hydrogens is 509 g/mol. The molecule has 2 saturated heterocycles. The molecule has 2 aliphatic heterocycles. The second kappa shape index (κ2) is 11.3. The van der Waals surface area contributed by atoms with Gasteiger partial charge in [0.2, 0.25) is 15.9 Å². The molecule has 2 amide bonds. The first-order valence-electron chi connectivity index (χ1n) is 11.9. The lowest BCUT2D eigenvalue weighted by Crippen LogP contribution is -2.44. The van der Waals surface area contributed by atoms with E-state index in [1.165, 1.54) is 10.4 Å². The fraction of sp³-hybridized carbons (Fsp3) is 0.440. The predicted molar refractivity (Wildman–Crippen MR) is 138 cm³/mol. The van der Waals surface area contributed by atoms with Crippen LogP contribution >= 0.6 is 23.2 Å². The van der Waals surface area contributed by atoms with Crippen LogP contribution in [-0.2, 0) is 20.6 Å². The zero-order chi connectivity index (χ0) is 25.0. The van der Waals surface area contributed by atoms with Crippen LogP contribution < -0.4 is 5.32 Å². The van der Waals surface area contributed by atoms with Gasteiger partial charge in [0.25, 0.3) is 5.91 Å². The quantitative estimate of drug-likeness (QED) is 0.573. The Morgan fingerprint density at radius 2 is 1.71 bits per heavy atom. The number of para-hydroxylation sites is 1. The molecule has 2 aliphatic rings. The lowest BCUT2D eigenvalue weighted by Gasteiger charge is -2.31. The van der Waals surface area contributed by atoms with Crippen molar-refractivity contribution in [2.45, 2.75) is 37.9 Å². The minimum Gasteiger partial charge on any atom is -0.339 e. The SMILES string of the molecule is O=C(Nc1ccccc1C(=O)N1CCCCC1)[C@H]1CCCN(S(=O)(=O)Cc2ccc(Cl)cc2Cl)C1. The normalized spacial score (nSPS) is 19.4. The van der Waals surface area contributed by atoms with Gasteiger partial charge in [-0.2, -0.15) is 0 Å². The molecule has 0 aliphatic carbocycles. The van der Waals surface area contributed by atoms with Gasteiger partial charge in [-0.25, -0.2) is 12.7 Å². The van der Waals surface area contributed by atoms with E-state index in [-0.39, 0.29) is 24.1 Å². The zero-order valence-electron chi connectivity index (χ0n) is 19.4. The fourth-order valence-corrected chi connectivity index (χ4v) is 6.81. The molecule has 0 radical (unpaired) electrons. The van der Waals surface area contributed by atoms with E-state index in [1.54, 1.807) is 36.4 Å². The van der Waals surface area contributed by atoms with Crippen LogP contribution in [0.2, 0.25) is 10.0 Å². The molecule has 2 aromatic rings. The number of nitrogens with zero attached hydrogens (tertiary/aromatic N) is 2. The number of piperidine rings is 2. The Hall–Kier alpha value is -2.13. The Morgan fingerprint density at radius 3 is 2.46 bits per heavy atom. The van der Waals surface area contributed by atoms with E-state index in [9.17, 15) is 18.0 Å². The van der Waals surface area contributed by atoms with Crippen molar-refractivity contribution in [3.63, 3.8) is 0 Å². The molecule has 2 fully saturated rings. The summed E-state index contributed by atoms with van der Waals surface area (Å²) in [6.45, 7) is 1.87. The van der Waals surface area contributed by atoms with Crippen molar-refractivity contribution in [1.29, 1.82) is 0 Å². The molecule has 0 saturated carbocycles. The number of likely N-dealkylation sites (tertiary alicyclic amines) is 1. The number of anilines is 1. The molecule has 0 aromatic heterocycles. The molecule has 0 unspecified atom stereocenters. The Balaban J connectivity index is 1.44. The maximum absolute atomic E-state index is 13.1. The second-order valence-corrected chi connectivity index (χ2v) is 11.9. The van der Waals surface area contributed by atoms with Crippen molar-refractivity contribution in [2.24, 2.45) is 5.92 Å². The summed E-state index contributed by atoms with van der Waals surface area (Å²) in [5, 5.41) is 3.62. The molecular formula is C25H29Cl2N3O4S. The fourth-order valence-electron chi connectivity index (χ4n) is 4.62. The summed E-state index contributed by atoms with van der Waals surface area (Å²) in [7, 11) is -3.68. The highest BCUT2D eigenvalue weighted by atomic mass is 35.5. The summed E-state index contributed by atoms with van der Waals surface area (Å²) in [5.41, 5.74) is 1.38.